The molecule has 1 saturated heterocycles. The highest BCUT2D eigenvalue weighted by Gasteiger charge is 2.34. The Hall–Kier alpha value is -2.34. The number of sulfonamides is 1. The van der Waals surface area contributed by atoms with E-state index in [1.54, 1.807) is 6.07 Å². The summed E-state index contributed by atoms with van der Waals surface area (Å²) in [5, 5.41) is 10.1. The number of piperidine rings is 1. The molecule has 1 aliphatic heterocycles. The predicted octanol–water partition coefficient (Wildman–Crippen LogP) is 3.63. The molecule has 1 amide bonds. The van der Waals surface area contributed by atoms with Crippen LogP contribution in [0, 0.1) is 11.7 Å². The molecule has 158 valence electrons. The van der Waals surface area contributed by atoms with Crippen LogP contribution in [0.3, 0.4) is 0 Å². The van der Waals surface area contributed by atoms with Gasteiger partial charge in [-0.2, -0.15) is 4.31 Å². The molecular formula is C18H16ClFN4O4S2. The van der Waals surface area contributed by atoms with E-state index in [9.17, 15) is 17.6 Å². The zero-order valence-corrected chi connectivity index (χ0v) is 17.8. The van der Waals surface area contributed by atoms with Gasteiger partial charge in [0.1, 0.15) is 10.0 Å². The van der Waals surface area contributed by atoms with Gasteiger partial charge >= 0.3 is 6.01 Å². The molecule has 1 aromatic carbocycles. The van der Waals surface area contributed by atoms with Crippen LogP contribution in [-0.2, 0) is 14.8 Å². The largest absolute Gasteiger partial charge is 0.403 e. The average Bonchev–Trinajstić information content (AvgIpc) is 3.37. The number of hydrogen-bond acceptors (Lipinski definition) is 7. The van der Waals surface area contributed by atoms with Crippen molar-refractivity contribution in [3.8, 4) is 11.5 Å². The fourth-order valence-electron chi connectivity index (χ4n) is 3.16. The van der Waals surface area contributed by atoms with Crippen molar-refractivity contribution in [3.63, 3.8) is 0 Å². The number of hydrogen-bond donors (Lipinski definition) is 1. The summed E-state index contributed by atoms with van der Waals surface area (Å²) in [7, 11) is -3.72. The number of carbonyl (C=O) groups is 1. The van der Waals surface area contributed by atoms with Crippen molar-refractivity contribution in [2.75, 3.05) is 18.4 Å². The minimum Gasteiger partial charge on any atom is -0.403 e. The van der Waals surface area contributed by atoms with Crippen molar-refractivity contribution in [1.82, 2.24) is 14.5 Å². The number of halogens is 2. The molecule has 1 atom stereocenters. The summed E-state index contributed by atoms with van der Waals surface area (Å²) in [6, 6.07) is 8.48. The van der Waals surface area contributed by atoms with Crippen LogP contribution in [0.15, 0.2) is 45.0 Å². The van der Waals surface area contributed by atoms with E-state index in [1.165, 1.54) is 34.6 Å². The second-order valence-corrected chi connectivity index (χ2v) is 10.6. The number of thiophene rings is 1. The van der Waals surface area contributed by atoms with Gasteiger partial charge in [-0.25, -0.2) is 12.8 Å². The van der Waals surface area contributed by atoms with Gasteiger partial charge in [0.2, 0.25) is 11.8 Å². The van der Waals surface area contributed by atoms with Crippen LogP contribution in [0.5, 0.6) is 0 Å². The Morgan fingerprint density at radius 1 is 1.30 bits per heavy atom. The van der Waals surface area contributed by atoms with E-state index < -0.39 is 27.7 Å². The molecule has 1 N–H and O–H groups in total. The summed E-state index contributed by atoms with van der Waals surface area (Å²) >= 11 is 6.83. The molecule has 1 aliphatic rings. The zero-order chi connectivity index (χ0) is 21.3. The van der Waals surface area contributed by atoms with Crippen LogP contribution in [0.1, 0.15) is 12.8 Å². The van der Waals surface area contributed by atoms with E-state index in [2.05, 4.69) is 15.5 Å². The normalized spacial score (nSPS) is 17.7. The number of carbonyl (C=O) groups excluding carboxylic acids is 1. The van der Waals surface area contributed by atoms with Crippen LogP contribution in [0.4, 0.5) is 10.4 Å². The third-order valence-corrected chi connectivity index (χ3v) is 8.19. The highest BCUT2D eigenvalue weighted by atomic mass is 35.5. The van der Waals surface area contributed by atoms with E-state index in [0.29, 0.717) is 29.3 Å². The van der Waals surface area contributed by atoms with Crippen molar-refractivity contribution >= 4 is 44.9 Å². The highest BCUT2D eigenvalue weighted by Crippen LogP contribution is 2.31. The molecule has 8 nitrogen and oxygen atoms in total. The van der Waals surface area contributed by atoms with Gasteiger partial charge in [0, 0.05) is 18.7 Å². The second-order valence-electron chi connectivity index (χ2n) is 6.67. The lowest BCUT2D eigenvalue weighted by Gasteiger charge is -2.30. The lowest BCUT2D eigenvalue weighted by atomic mass is 9.99. The zero-order valence-electron chi connectivity index (χ0n) is 15.4. The Morgan fingerprint density at radius 2 is 2.13 bits per heavy atom. The van der Waals surface area contributed by atoms with Crippen LogP contribution < -0.4 is 5.32 Å². The first kappa shape index (κ1) is 20.9. The molecule has 3 aromatic rings. The standard InChI is InChI=1S/C18H16ClFN4O4S2/c19-14-6-7-15(29-14)30(26,27)24-8-2-4-12(10-24)16(25)21-18-23-22-17(28-18)11-3-1-5-13(20)9-11/h1,3,5-7,9,12H,2,4,8,10H2,(H,21,23,25). The summed E-state index contributed by atoms with van der Waals surface area (Å²) in [6.07, 6.45) is 1.06. The fraction of sp³-hybridized carbons (Fsp3) is 0.278. The monoisotopic (exact) mass is 470 g/mol. The number of rotatable bonds is 5. The molecule has 0 saturated carbocycles. The van der Waals surface area contributed by atoms with Crippen molar-refractivity contribution in [3.05, 3.63) is 46.6 Å². The summed E-state index contributed by atoms with van der Waals surface area (Å²) in [6.45, 7) is 0.362. The van der Waals surface area contributed by atoms with Gasteiger partial charge in [-0.15, -0.1) is 16.4 Å². The molecule has 0 radical (unpaired) electrons. The number of benzene rings is 1. The van der Waals surface area contributed by atoms with Crippen LogP contribution in [0.25, 0.3) is 11.5 Å². The van der Waals surface area contributed by atoms with Crippen molar-refractivity contribution in [1.29, 1.82) is 0 Å². The smallest absolute Gasteiger partial charge is 0.322 e. The van der Waals surface area contributed by atoms with E-state index in [4.69, 9.17) is 16.0 Å². The van der Waals surface area contributed by atoms with Gasteiger partial charge in [-0.1, -0.05) is 22.8 Å². The van der Waals surface area contributed by atoms with Crippen molar-refractivity contribution in [2.45, 2.75) is 17.1 Å². The Kier molecular flexibility index (Phi) is 5.87. The maximum atomic E-state index is 13.3. The number of nitrogens with zero attached hydrogens (tertiary/aromatic N) is 3. The van der Waals surface area contributed by atoms with Gasteiger partial charge in [0.15, 0.2) is 0 Å². The molecule has 4 rings (SSSR count). The van der Waals surface area contributed by atoms with Gasteiger partial charge in [-0.05, 0) is 43.2 Å². The molecule has 1 unspecified atom stereocenters. The van der Waals surface area contributed by atoms with Crippen LogP contribution in [0.2, 0.25) is 4.34 Å². The summed E-state index contributed by atoms with van der Waals surface area (Å²) in [4.78, 5) is 12.6. The fourth-order valence-corrected chi connectivity index (χ4v) is 6.32. The third kappa shape index (κ3) is 4.38. The lowest BCUT2D eigenvalue weighted by Crippen LogP contribution is -2.43. The Bertz CT molecular complexity index is 1180. The molecule has 30 heavy (non-hydrogen) atoms. The molecule has 12 heteroatoms. The molecule has 2 aromatic heterocycles. The number of nitrogens with one attached hydrogen (secondary N) is 1. The molecule has 1 fully saturated rings. The number of amides is 1. The molecular weight excluding hydrogens is 455 g/mol. The second kappa shape index (κ2) is 8.42. The van der Waals surface area contributed by atoms with E-state index in [-0.39, 0.29) is 22.7 Å². The Balaban J connectivity index is 1.44. The minimum absolute atomic E-state index is 0.0363. The maximum absolute atomic E-state index is 13.3. The minimum atomic E-state index is -3.72. The van der Waals surface area contributed by atoms with E-state index in [1.807, 2.05) is 0 Å². The predicted molar refractivity (Wildman–Crippen MR) is 109 cm³/mol. The Morgan fingerprint density at radius 3 is 2.87 bits per heavy atom. The number of aromatic nitrogens is 2. The lowest BCUT2D eigenvalue weighted by molar-refractivity contribution is -0.121. The first-order valence-corrected chi connectivity index (χ1v) is 11.6. The maximum Gasteiger partial charge on any atom is 0.322 e. The van der Waals surface area contributed by atoms with E-state index >= 15 is 0 Å². The molecule has 0 aliphatic carbocycles. The quantitative estimate of drug-likeness (QED) is 0.610. The first-order valence-electron chi connectivity index (χ1n) is 8.99. The average molecular weight is 471 g/mol. The Labute approximate surface area is 180 Å². The topological polar surface area (TPSA) is 105 Å². The molecule has 0 bridgehead atoms. The summed E-state index contributed by atoms with van der Waals surface area (Å²) in [5.41, 5.74) is 0.382. The van der Waals surface area contributed by atoms with E-state index in [0.717, 1.165) is 11.3 Å². The van der Waals surface area contributed by atoms with Gasteiger partial charge in [0.05, 0.1) is 10.3 Å². The first-order chi connectivity index (χ1) is 14.3. The van der Waals surface area contributed by atoms with Gasteiger partial charge < -0.3 is 4.42 Å². The van der Waals surface area contributed by atoms with Gasteiger partial charge in [-0.3, -0.25) is 10.1 Å². The third-order valence-electron chi connectivity index (χ3n) is 4.62. The number of anilines is 1. The van der Waals surface area contributed by atoms with Crippen LogP contribution in [-0.4, -0.2) is 41.9 Å². The molecule has 0 spiro atoms. The summed E-state index contributed by atoms with van der Waals surface area (Å²) in [5.74, 6) is -1.39. The van der Waals surface area contributed by atoms with Crippen molar-refractivity contribution < 1.29 is 22.0 Å². The van der Waals surface area contributed by atoms with Gasteiger partial charge in [0.25, 0.3) is 10.0 Å². The van der Waals surface area contributed by atoms with Crippen LogP contribution >= 0.6 is 22.9 Å². The summed E-state index contributed by atoms with van der Waals surface area (Å²) < 4.78 is 46.1. The van der Waals surface area contributed by atoms with Crippen molar-refractivity contribution in [2.24, 2.45) is 5.92 Å². The SMILES string of the molecule is O=C(Nc1nnc(-c2cccc(F)c2)o1)C1CCCN(S(=O)(=O)c2ccc(Cl)s2)C1. The highest BCUT2D eigenvalue weighted by molar-refractivity contribution is 7.91. The molecule has 3 heterocycles.